The van der Waals surface area contributed by atoms with Gasteiger partial charge in [0, 0.05) is 31.7 Å². The molecule has 2 aliphatic rings. The van der Waals surface area contributed by atoms with Crippen molar-refractivity contribution in [3.63, 3.8) is 0 Å². The molecule has 0 unspecified atom stereocenters. The van der Waals surface area contributed by atoms with Gasteiger partial charge in [0.2, 0.25) is 0 Å². The van der Waals surface area contributed by atoms with Gasteiger partial charge in [-0.1, -0.05) is 18.3 Å². The van der Waals surface area contributed by atoms with Crippen LogP contribution in [0.4, 0.5) is 10.9 Å². The van der Waals surface area contributed by atoms with Crippen LogP contribution in [0.3, 0.4) is 0 Å². The van der Waals surface area contributed by atoms with E-state index >= 15 is 0 Å². The van der Waals surface area contributed by atoms with Crippen molar-refractivity contribution in [2.75, 3.05) is 36.8 Å². The minimum Gasteiger partial charge on any atom is -0.382 e. The third-order valence-corrected chi connectivity index (χ3v) is 5.73. The summed E-state index contributed by atoms with van der Waals surface area (Å²) in [5.41, 5.74) is 5.95. The number of piperazine rings is 1. The molecule has 1 aliphatic carbocycles. The highest BCUT2D eigenvalue weighted by Crippen LogP contribution is 2.36. The molecule has 6 nitrogen and oxygen atoms in total. The zero-order chi connectivity index (χ0) is 14.9. The van der Waals surface area contributed by atoms with Crippen molar-refractivity contribution in [1.29, 1.82) is 0 Å². The average molecular weight is 309 g/mol. The molecule has 1 aromatic rings. The summed E-state index contributed by atoms with van der Waals surface area (Å²) < 4.78 is 0. The molecule has 1 saturated carbocycles. The summed E-state index contributed by atoms with van der Waals surface area (Å²) in [4.78, 5) is 19.6. The van der Waals surface area contributed by atoms with E-state index in [1.165, 1.54) is 17.8 Å². The van der Waals surface area contributed by atoms with Gasteiger partial charge in [-0.15, -0.1) is 0 Å². The Balaban J connectivity index is 1.72. The molecule has 4 N–H and O–H groups in total. The highest BCUT2D eigenvalue weighted by Gasteiger charge is 2.37. The molecule has 21 heavy (non-hydrogen) atoms. The van der Waals surface area contributed by atoms with E-state index in [9.17, 15) is 4.79 Å². The summed E-state index contributed by atoms with van der Waals surface area (Å²) in [6, 6.07) is 0. The van der Waals surface area contributed by atoms with Gasteiger partial charge in [-0.3, -0.25) is 4.79 Å². The first-order valence-electron chi connectivity index (χ1n) is 7.68. The van der Waals surface area contributed by atoms with Crippen LogP contribution in [0.15, 0.2) is 0 Å². The first-order chi connectivity index (χ1) is 10.1. The predicted octanol–water partition coefficient (Wildman–Crippen LogP) is 1.20. The fraction of sp³-hybridized carbons (Fsp3) is 0.714. The molecule has 2 fully saturated rings. The maximum Gasteiger partial charge on any atom is 0.265 e. The maximum absolute atomic E-state index is 12.5. The van der Waals surface area contributed by atoms with Gasteiger partial charge in [0.05, 0.1) is 0 Å². The number of carbonyl (C=O) groups excluding carboxylic acids is 1. The molecular weight excluding hydrogens is 286 g/mol. The smallest absolute Gasteiger partial charge is 0.265 e. The quantitative estimate of drug-likeness (QED) is 0.778. The molecule has 3 rings (SSSR count). The second-order valence-electron chi connectivity index (χ2n) is 5.89. The third-order valence-electron chi connectivity index (χ3n) is 4.60. The lowest BCUT2D eigenvalue weighted by Crippen LogP contribution is -2.52. The van der Waals surface area contributed by atoms with Crippen LogP contribution in [-0.4, -0.2) is 42.6 Å². The number of nitrogens with zero attached hydrogens (tertiary/aromatic N) is 2. The summed E-state index contributed by atoms with van der Waals surface area (Å²) >= 11 is 1.41. The Morgan fingerprint density at radius 3 is 2.76 bits per heavy atom. The number of carbonyl (C=O) groups is 1. The number of thiazole rings is 1. The van der Waals surface area contributed by atoms with E-state index in [2.05, 4.69) is 27.4 Å². The molecule has 0 bridgehead atoms. The van der Waals surface area contributed by atoms with Crippen molar-refractivity contribution >= 4 is 28.2 Å². The maximum atomic E-state index is 12.5. The first-order valence-corrected chi connectivity index (χ1v) is 8.50. The van der Waals surface area contributed by atoms with Crippen molar-refractivity contribution < 1.29 is 4.79 Å². The number of amides is 1. The van der Waals surface area contributed by atoms with Crippen molar-refractivity contribution in [2.45, 2.75) is 38.1 Å². The van der Waals surface area contributed by atoms with E-state index in [-0.39, 0.29) is 11.4 Å². The normalized spacial score (nSPS) is 20.9. The lowest BCUT2D eigenvalue weighted by atomic mass is 9.75. The number of nitrogen functional groups attached to an aromatic ring is 1. The highest BCUT2D eigenvalue weighted by atomic mass is 32.1. The van der Waals surface area contributed by atoms with Crippen LogP contribution < -0.4 is 21.3 Å². The Hall–Kier alpha value is -1.34. The fourth-order valence-corrected chi connectivity index (χ4v) is 3.87. The number of hydrogen-bond donors (Lipinski definition) is 3. The minimum absolute atomic E-state index is 0.0112. The second-order valence-corrected chi connectivity index (χ2v) is 6.87. The van der Waals surface area contributed by atoms with Crippen LogP contribution in [0.2, 0.25) is 0 Å². The summed E-state index contributed by atoms with van der Waals surface area (Å²) in [7, 11) is 0. The summed E-state index contributed by atoms with van der Waals surface area (Å²) in [5.74, 6) is 0.296. The Morgan fingerprint density at radius 2 is 2.19 bits per heavy atom. The monoisotopic (exact) mass is 309 g/mol. The third kappa shape index (κ3) is 2.85. The van der Waals surface area contributed by atoms with Crippen LogP contribution in [0.25, 0.3) is 0 Å². The second kappa shape index (κ2) is 5.81. The van der Waals surface area contributed by atoms with E-state index in [0.29, 0.717) is 10.7 Å². The molecule has 1 aromatic heterocycles. The molecule has 7 heteroatoms. The molecule has 0 spiro atoms. The van der Waals surface area contributed by atoms with E-state index in [4.69, 9.17) is 5.73 Å². The topological polar surface area (TPSA) is 83.3 Å². The number of rotatable bonds is 4. The Bertz CT molecular complexity index is 514. The van der Waals surface area contributed by atoms with Gasteiger partial charge in [0.1, 0.15) is 10.7 Å². The minimum atomic E-state index is -0.0621. The first kappa shape index (κ1) is 14.6. The molecule has 2 heterocycles. The lowest BCUT2D eigenvalue weighted by molar-refractivity contribution is 0.0825. The van der Waals surface area contributed by atoms with Gasteiger partial charge in [-0.25, -0.2) is 4.98 Å². The summed E-state index contributed by atoms with van der Waals surface area (Å²) in [5, 5.41) is 7.34. The number of nitrogens with one attached hydrogen (secondary N) is 2. The fourth-order valence-electron chi connectivity index (χ4n) is 2.94. The zero-order valence-electron chi connectivity index (χ0n) is 12.4. The zero-order valence-corrected chi connectivity index (χ0v) is 13.3. The van der Waals surface area contributed by atoms with Gasteiger partial charge < -0.3 is 21.3 Å². The average Bonchev–Trinajstić information content (AvgIpc) is 2.86. The number of hydrogen-bond acceptors (Lipinski definition) is 6. The molecule has 0 aromatic carbocycles. The van der Waals surface area contributed by atoms with E-state index in [1.807, 2.05) is 0 Å². The van der Waals surface area contributed by atoms with E-state index in [0.717, 1.165) is 50.6 Å². The van der Waals surface area contributed by atoms with Crippen molar-refractivity contribution in [2.24, 2.45) is 0 Å². The number of aromatic nitrogens is 1. The van der Waals surface area contributed by atoms with Gasteiger partial charge in [0.25, 0.3) is 5.91 Å². The van der Waals surface area contributed by atoms with Gasteiger partial charge in [0.15, 0.2) is 5.13 Å². The lowest BCUT2D eigenvalue weighted by Gasteiger charge is -2.41. The Labute approximate surface area is 129 Å². The van der Waals surface area contributed by atoms with Gasteiger partial charge >= 0.3 is 0 Å². The summed E-state index contributed by atoms with van der Waals surface area (Å²) in [6.45, 7) is 5.83. The van der Waals surface area contributed by atoms with Crippen molar-refractivity contribution in [3.05, 3.63) is 4.88 Å². The van der Waals surface area contributed by atoms with Crippen LogP contribution >= 0.6 is 11.3 Å². The SMILES string of the molecule is CCC1(NC(=O)c2sc(N3CCNCC3)nc2N)CCC1. The van der Waals surface area contributed by atoms with Crippen molar-refractivity contribution in [3.8, 4) is 0 Å². The summed E-state index contributed by atoms with van der Waals surface area (Å²) in [6.07, 6.45) is 4.30. The highest BCUT2D eigenvalue weighted by molar-refractivity contribution is 7.18. The number of nitrogens with two attached hydrogens (primary N) is 1. The van der Waals surface area contributed by atoms with Crippen LogP contribution in [0.5, 0.6) is 0 Å². The molecule has 0 atom stereocenters. The molecule has 1 aliphatic heterocycles. The molecule has 1 saturated heterocycles. The number of anilines is 2. The molecule has 0 radical (unpaired) electrons. The molecule has 1 amide bonds. The Morgan fingerprint density at radius 1 is 1.48 bits per heavy atom. The van der Waals surface area contributed by atoms with Crippen LogP contribution in [0, 0.1) is 0 Å². The largest absolute Gasteiger partial charge is 0.382 e. The van der Waals surface area contributed by atoms with Gasteiger partial charge in [-0.05, 0) is 25.7 Å². The molecular formula is C14H23N5OS. The van der Waals surface area contributed by atoms with Crippen LogP contribution in [0.1, 0.15) is 42.3 Å². The standard InChI is InChI=1S/C14H23N5OS/c1-2-14(4-3-5-14)18-12(20)10-11(15)17-13(21-10)19-8-6-16-7-9-19/h16H,2-9,15H2,1H3,(H,18,20). The Kier molecular flexibility index (Phi) is 4.03. The van der Waals surface area contributed by atoms with Gasteiger partial charge in [-0.2, -0.15) is 0 Å². The van der Waals surface area contributed by atoms with Crippen LogP contribution in [-0.2, 0) is 0 Å². The van der Waals surface area contributed by atoms with E-state index in [1.54, 1.807) is 0 Å². The molecule has 116 valence electrons. The van der Waals surface area contributed by atoms with E-state index < -0.39 is 0 Å². The van der Waals surface area contributed by atoms with Crippen molar-refractivity contribution in [1.82, 2.24) is 15.6 Å². The predicted molar refractivity (Wildman–Crippen MR) is 85.9 cm³/mol.